The van der Waals surface area contributed by atoms with Gasteiger partial charge in [-0.2, -0.15) is 31.6 Å². The van der Waals surface area contributed by atoms with Crippen molar-refractivity contribution in [1.82, 2.24) is 0 Å². The molecule has 0 amide bonds. The summed E-state index contributed by atoms with van der Waals surface area (Å²) >= 11 is 0. The molecule has 204 valence electrons. The molecule has 3 aromatic carbocycles. The molecule has 0 bridgehead atoms. The highest BCUT2D eigenvalue weighted by molar-refractivity contribution is 5.82. The summed E-state index contributed by atoms with van der Waals surface area (Å²) in [5.41, 5.74) is -14.5. The second-order valence-electron chi connectivity index (χ2n) is 7.87. The van der Waals surface area contributed by atoms with E-state index in [-0.39, 0.29) is 0 Å². The van der Waals surface area contributed by atoms with Crippen molar-refractivity contribution in [3.05, 3.63) is 102 Å². The molecule has 0 spiro atoms. The molecule has 0 radical (unpaired) electrons. The zero-order valence-corrected chi connectivity index (χ0v) is 20.1. The summed E-state index contributed by atoms with van der Waals surface area (Å²) in [5, 5.41) is 52.5. The zero-order valence-electron chi connectivity index (χ0n) is 20.1. The van der Waals surface area contributed by atoms with Crippen molar-refractivity contribution in [1.29, 1.82) is 31.6 Å². The van der Waals surface area contributed by atoms with Crippen LogP contribution < -0.4 is 10.4 Å². The molecule has 0 fully saturated rings. The highest BCUT2D eigenvalue weighted by Gasteiger charge is 2.32. The molecule has 0 aromatic heterocycles. The summed E-state index contributed by atoms with van der Waals surface area (Å²) in [5.74, 6) is -20.2. The first-order chi connectivity index (χ1) is 19.8. The first-order valence-corrected chi connectivity index (χ1v) is 10.5. The fraction of sp³-hybridized carbons (Fsp3) is 0.0370. The van der Waals surface area contributed by atoms with Crippen LogP contribution in [0.1, 0.15) is 38.9 Å². The lowest BCUT2D eigenvalue weighted by atomic mass is 9.91. The maximum atomic E-state index is 15.8. The van der Waals surface area contributed by atoms with E-state index >= 15 is 13.2 Å². The molecule has 0 N–H and O–H groups in total. The van der Waals surface area contributed by atoms with Crippen molar-refractivity contribution in [2.45, 2.75) is 6.92 Å². The van der Waals surface area contributed by atoms with Crippen LogP contribution in [0.25, 0.3) is 11.1 Å². The highest BCUT2D eigenvalue weighted by atomic mass is 19.2. The molecule has 0 atom stereocenters. The maximum Gasteiger partial charge on any atom is 0.180 e. The summed E-state index contributed by atoms with van der Waals surface area (Å²) in [6, 6.07) is 5.87. The molecule has 0 saturated heterocycles. The van der Waals surface area contributed by atoms with Crippen molar-refractivity contribution in [3.63, 3.8) is 0 Å². The van der Waals surface area contributed by atoms with E-state index in [4.69, 9.17) is 10.5 Å². The molecule has 3 rings (SSSR count). The molecule has 3 aromatic rings. The predicted molar refractivity (Wildman–Crippen MR) is 118 cm³/mol. The van der Waals surface area contributed by atoms with Crippen LogP contribution in [0.15, 0.2) is 0 Å². The molecule has 0 unspecified atom stereocenters. The molecular weight excluding hydrogens is 579 g/mol. The first kappa shape index (κ1) is 30.3. The fourth-order valence-electron chi connectivity index (χ4n) is 3.92. The Kier molecular flexibility index (Phi) is 7.97. The number of hydrogen-bond donors (Lipinski definition) is 0. The number of halogens is 9. The normalized spacial score (nSPS) is 11.7. The van der Waals surface area contributed by atoms with E-state index in [2.05, 4.69) is 0 Å². The standard InChI is InChI=1S/C27H3F9N6/c1-8-9(2-37)22(31)25(34)17(19(8)28)10(3-38)15-12(5-40)21(30)16(13(6-41)20(15)29)11(4-39)18-26(35)23(32)14(7-42)24(33)27(18)36/h1H3/b15-10-,16-11-. The second kappa shape index (κ2) is 11.1. The molecule has 0 aliphatic rings. The maximum absolute atomic E-state index is 15.8. The third-order valence-electron chi connectivity index (χ3n) is 5.87. The monoisotopic (exact) mass is 582 g/mol. The highest BCUT2D eigenvalue weighted by Crippen LogP contribution is 2.30. The number of nitrogens with zero attached hydrogens (tertiary/aromatic N) is 6. The minimum atomic E-state index is -2.45. The molecule has 0 aliphatic carbocycles. The van der Waals surface area contributed by atoms with E-state index in [9.17, 15) is 47.4 Å². The van der Waals surface area contributed by atoms with Gasteiger partial charge in [0.2, 0.25) is 0 Å². The van der Waals surface area contributed by atoms with Crippen LogP contribution in [0.4, 0.5) is 39.5 Å². The first-order valence-electron chi connectivity index (χ1n) is 10.5. The molecule has 15 heteroatoms. The molecule has 6 nitrogen and oxygen atoms in total. The van der Waals surface area contributed by atoms with E-state index in [0.29, 0.717) is 0 Å². The van der Waals surface area contributed by atoms with Crippen LogP contribution >= 0.6 is 0 Å². The predicted octanol–water partition coefficient (Wildman–Crippen LogP) is 4.18. The van der Waals surface area contributed by atoms with Crippen LogP contribution in [0, 0.1) is 127 Å². The Morgan fingerprint density at radius 2 is 0.714 bits per heavy atom. The van der Waals surface area contributed by atoms with Gasteiger partial charge in [-0.1, -0.05) is 0 Å². The number of rotatable bonds is 2. The van der Waals surface area contributed by atoms with Gasteiger partial charge in [0.1, 0.15) is 47.8 Å². The van der Waals surface area contributed by atoms with Gasteiger partial charge in [-0.05, 0) is 6.92 Å². The minimum absolute atomic E-state index is 0.758. The van der Waals surface area contributed by atoms with Crippen LogP contribution in [0.2, 0.25) is 0 Å². The Labute approximate surface area is 227 Å². The lowest BCUT2D eigenvalue weighted by Gasteiger charge is -2.12. The van der Waals surface area contributed by atoms with Crippen LogP contribution in [-0.4, -0.2) is 0 Å². The lowest BCUT2D eigenvalue weighted by molar-refractivity contribution is 0.446. The smallest absolute Gasteiger partial charge is 0.180 e. The average molecular weight is 582 g/mol. The van der Waals surface area contributed by atoms with E-state index in [0.717, 1.165) is 43.3 Å². The molecule has 0 aliphatic heterocycles. The van der Waals surface area contributed by atoms with Crippen molar-refractivity contribution in [3.8, 4) is 36.4 Å². The van der Waals surface area contributed by atoms with E-state index in [1.54, 1.807) is 0 Å². The molecule has 0 saturated carbocycles. The summed E-state index contributed by atoms with van der Waals surface area (Å²) in [4.78, 5) is 0. The summed E-state index contributed by atoms with van der Waals surface area (Å²) in [7, 11) is 0. The van der Waals surface area contributed by atoms with Gasteiger partial charge in [0.15, 0.2) is 46.5 Å². The summed E-state index contributed by atoms with van der Waals surface area (Å²) < 4.78 is 134. The third-order valence-corrected chi connectivity index (χ3v) is 5.87. The van der Waals surface area contributed by atoms with Gasteiger partial charge in [-0.3, -0.25) is 0 Å². The Balaban J connectivity index is 2.81. The molecular formula is C27H3F9N6. The van der Waals surface area contributed by atoms with Gasteiger partial charge in [0.25, 0.3) is 0 Å². The van der Waals surface area contributed by atoms with Crippen molar-refractivity contribution in [2.24, 2.45) is 0 Å². The average Bonchev–Trinajstić information content (AvgIpc) is 2.97. The quantitative estimate of drug-likeness (QED) is 0.328. The molecule has 42 heavy (non-hydrogen) atoms. The van der Waals surface area contributed by atoms with Gasteiger partial charge in [-0.15, -0.1) is 0 Å². The summed E-state index contributed by atoms with van der Waals surface area (Å²) in [6.45, 7) is 0.758. The third kappa shape index (κ3) is 4.11. The SMILES string of the molecule is Cc1c(F)c(/C(C#N)=c2\c(F)c(C#N)/c(=C(\C#N)c3c(F)c(F)c(C#N)c(F)c3F)c(F)c2C#N)c(F)c(F)c1C#N. The number of benzene rings is 3. The van der Waals surface area contributed by atoms with Gasteiger partial charge in [0.05, 0.1) is 49.4 Å². The van der Waals surface area contributed by atoms with Gasteiger partial charge >= 0.3 is 0 Å². The van der Waals surface area contributed by atoms with Crippen molar-refractivity contribution < 1.29 is 39.5 Å². The zero-order chi connectivity index (χ0) is 31.8. The fourth-order valence-corrected chi connectivity index (χ4v) is 3.92. The van der Waals surface area contributed by atoms with Crippen molar-refractivity contribution >= 4 is 11.1 Å². The van der Waals surface area contributed by atoms with Crippen LogP contribution in [0.3, 0.4) is 0 Å². The van der Waals surface area contributed by atoms with E-state index in [1.807, 2.05) is 0 Å². The topological polar surface area (TPSA) is 143 Å². The second-order valence-corrected chi connectivity index (χ2v) is 7.87. The van der Waals surface area contributed by atoms with Gasteiger partial charge in [-0.25, -0.2) is 39.5 Å². The van der Waals surface area contributed by atoms with E-state index in [1.165, 1.54) is 0 Å². The van der Waals surface area contributed by atoms with Crippen LogP contribution in [0.5, 0.6) is 0 Å². The van der Waals surface area contributed by atoms with Crippen LogP contribution in [-0.2, 0) is 0 Å². The minimum Gasteiger partial charge on any atom is -0.206 e. The van der Waals surface area contributed by atoms with E-state index < -0.39 is 113 Å². The number of nitriles is 6. The van der Waals surface area contributed by atoms with Crippen molar-refractivity contribution in [2.75, 3.05) is 0 Å². The Bertz CT molecular complexity index is 1950. The molecule has 0 heterocycles. The summed E-state index contributed by atoms with van der Waals surface area (Å²) in [6.07, 6.45) is 0. The Hall–Kier alpha value is -6.29. The van der Waals surface area contributed by atoms with Gasteiger partial charge < -0.3 is 0 Å². The van der Waals surface area contributed by atoms with Gasteiger partial charge in [0, 0.05) is 5.56 Å². The Morgan fingerprint density at radius 1 is 0.405 bits per heavy atom. The lowest BCUT2D eigenvalue weighted by Crippen LogP contribution is -2.31. The largest absolute Gasteiger partial charge is 0.206 e. The Morgan fingerprint density at radius 3 is 1.02 bits per heavy atom. The number of hydrogen-bond acceptors (Lipinski definition) is 6.